The molecule has 0 fully saturated rings. The van der Waals surface area contributed by atoms with Crippen LogP contribution in [0.2, 0.25) is 0 Å². The van der Waals surface area contributed by atoms with Crippen molar-refractivity contribution in [1.29, 1.82) is 0 Å². The van der Waals surface area contributed by atoms with E-state index in [4.69, 9.17) is 8.94 Å². The van der Waals surface area contributed by atoms with Gasteiger partial charge in [0.25, 0.3) is 0 Å². The molecule has 0 saturated carbocycles. The molecule has 0 aliphatic rings. The Balaban J connectivity index is 2.32. The van der Waals surface area contributed by atoms with E-state index in [1.807, 2.05) is 0 Å². The topological polar surface area (TPSA) is 69.1 Å². The van der Waals surface area contributed by atoms with Gasteiger partial charge in [0.15, 0.2) is 12.0 Å². The maximum Gasteiger partial charge on any atom is 0.185 e. The Labute approximate surface area is 89.7 Å². The number of fused-ring (bicyclic) bond motifs is 1. The largest absolute Gasteiger partial charge is 0.452 e. The number of carbonyl (C=O) groups excluding carboxylic acids is 1. The average Bonchev–Trinajstić information content (AvgIpc) is 2.97. The lowest BCUT2D eigenvalue weighted by atomic mass is 10.2. The molecule has 0 aliphatic heterocycles. The zero-order chi connectivity index (χ0) is 11.0. The van der Waals surface area contributed by atoms with Crippen LogP contribution in [0.1, 0.15) is 10.6 Å². The summed E-state index contributed by atoms with van der Waals surface area (Å²) >= 11 is 0. The molecule has 0 spiro atoms. The molecule has 3 heterocycles. The van der Waals surface area contributed by atoms with Gasteiger partial charge in [-0.05, 0) is 6.07 Å². The quantitative estimate of drug-likeness (QED) is 0.612. The molecule has 0 aliphatic carbocycles. The smallest absolute Gasteiger partial charge is 0.185 e. The van der Waals surface area contributed by atoms with Crippen molar-refractivity contribution in [1.82, 2.24) is 10.1 Å². The molecule has 16 heavy (non-hydrogen) atoms. The number of rotatable bonds is 2. The fourth-order valence-corrected chi connectivity index (χ4v) is 1.57. The van der Waals surface area contributed by atoms with Crippen LogP contribution in [0, 0.1) is 0 Å². The fraction of sp³-hybridized carbons (Fsp3) is 0. The van der Waals surface area contributed by atoms with Crippen LogP contribution in [0.3, 0.4) is 0 Å². The van der Waals surface area contributed by atoms with Gasteiger partial charge in [0.1, 0.15) is 17.5 Å². The number of nitrogens with zero attached hydrogens (tertiary/aromatic N) is 2. The normalized spacial score (nSPS) is 10.8. The predicted molar refractivity (Wildman–Crippen MR) is 54.9 cm³/mol. The summed E-state index contributed by atoms with van der Waals surface area (Å²) in [6, 6.07) is 3.35. The Morgan fingerprint density at radius 2 is 2.25 bits per heavy atom. The van der Waals surface area contributed by atoms with Gasteiger partial charge in [0.2, 0.25) is 0 Å². The highest BCUT2D eigenvalue weighted by Crippen LogP contribution is 2.28. The van der Waals surface area contributed by atoms with Crippen molar-refractivity contribution in [2.45, 2.75) is 0 Å². The summed E-state index contributed by atoms with van der Waals surface area (Å²) in [6.07, 6.45) is 5.39. The van der Waals surface area contributed by atoms with Crippen molar-refractivity contribution < 1.29 is 13.7 Å². The highest BCUT2D eigenvalue weighted by molar-refractivity contribution is 5.93. The van der Waals surface area contributed by atoms with Crippen LogP contribution in [0.5, 0.6) is 0 Å². The van der Waals surface area contributed by atoms with Crippen molar-refractivity contribution in [2.24, 2.45) is 0 Å². The minimum Gasteiger partial charge on any atom is -0.452 e. The predicted octanol–water partition coefficient (Wildman–Crippen LogP) is 2.30. The van der Waals surface area contributed by atoms with Crippen LogP contribution in [0.25, 0.3) is 22.2 Å². The van der Waals surface area contributed by atoms with Gasteiger partial charge in [-0.3, -0.25) is 9.78 Å². The maximum atomic E-state index is 10.6. The molecule has 0 amide bonds. The molecular weight excluding hydrogens is 208 g/mol. The van der Waals surface area contributed by atoms with Crippen molar-refractivity contribution >= 4 is 17.3 Å². The summed E-state index contributed by atoms with van der Waals surface area (Å²) in [5, 5.41) is 4.57. The van der Waals surface area contributed by atoms with E-state index < -0.39 is 0 Å². The molecule has 0 unspecified atom stereocenters. The first-order chi connectivity index (χ1) is 7.88. The van der Waals surface area contributed by atoms with Gasteiger partial charge >= 0.3 is 0 Å². The van der Waals surface area contributed by atoms with Crippen LogP contribution in [-0.2, 0) is 0 Å². The van der Waals surface area contributed by atoms with Gasteiger partial charge in [-0.2, -0.15) is 0 Å². The molecule has 78 valence electrons. The Kier molecular flexibility index (Phi) is 1.83. The van der Waals surface area contributed by atoms with Gasteiger partial charge in [0, 0.05) is 23.8 Å². The third kappa shape index (κ3) is 1.22. The van der Waals surface area contributed by atoms with Gasteiger partial charge in [-0.25, -0.2) is 0 Å². The van der Waals surface area contributed by atoms with Crippen molar-refractivity contribution in [3.63, 3.8) is 0 Å². The van der Waals surface area contributed by atoms with E-state index >= 15 is 0 Å². The van der Waals surface area contributed by atoms with Crippen LogP contribution in [0.4, 0.5) is 0 Å². The van der Waals surface area contributed by atoms with Crippen LogP contribution >= 0.6 is 0 Å². The van der Waals surface area contributed by atoms with Crippen LogP contribution < -0.4 is 0 Å². The van der Waals surface area contributed by atoms with Crippen molar-refractivity contribution in [2.75, 3.05) is 0 Å². The number of hydrogen-bond acceptors (Lipinski definition) is 5. The Morgan fingerprint density at radius 3 is 3.00 bits per heavy atom. The SMILES string of the molecule is O=Cc1cc2cncc(-c3ccon3)c2o1. The molecule has 0 aromatic carbocycles. The number of aromatic nitrogens is 2. The van der Waals surface area contributed by atoms with E-state index in [9.17, 15) is 4.79 Å². The van der Waals surface area contributed by atoms with Crippen LogP contribution in [0.15, 0.2) is 39.7 Å². The molecule has 5 heteroatoms. The molecule has 3 aromatic heterocycles. The summed E-state index contributed by atoms with van der Waals surface area (Å²) < 4.78 is 10.1. The number of carbonyl (C=O) groups is 1. The lowest BCUT2D eigenvalue weighted by Gasteiger charge is -1.95. The Hall–Kier alpha value is -2.43. The second kappa shape index (κ2) is 3.30. The lowest BCUT2D eigenvalue weighted by molar-refractivity contribution is 0.110. The number of aldehydes is 1. The van der Waals surface area contributed by atoms with Gasteiger partial charge in [-0.1, -0.05) is 5.16 Å². The molecule has 3 rings (SSSR count). The van der Waals surface area contributed by atoms with Crippen molar-refractivity contribution in [3.8, 4) is 11.3 Å². The summed E-state index contributed by atoms with van der Waals surface area (Å²) in [7, 11) is 0. The highest BCUT2D eigenvalue weighted by atomic mass is 16.5. The maximum absolute atomic E-state index is 10.6. The first-order valence-corrected chi connectivity index (χ1v) is 4.62. The second-order valence-corrected chi connectivity index (χ2v) is 3.26. The van der Waals surface area contributed by atoms with Crippen LogP contribution in [-0.4, -0.2) is 16.4 Å². The molecule has 0 atom stereocenters. The summed E-state index contributed by atoms with van der Waals surface area (Å²) in [5.41, 5.74) is 1.93. The molecule has 0 N–H and O–H groups in total. The average molecular weight is 214 g/mol. The second-order valence-electron chi connectivity index (χ2n) is 3.26. The first-order valence-electron chi connectivity index (χ1n) is 4.62. The first kappa shape index (κ1) is 8.84. The molecule has 0 saturated heterocycles. The van der Waals surface area contributed by atoms with Gasteiger partial charge < -0.3 is 8.94 Å². The Bertz CT molecular complexity index is 640. The minimum atomic E-state index is 0.271. The number of hydrogen-bond donors (Lipinski definition) is 0. The molecule has 0 radical (unpaired) electrons. The van der Waals surface area contributed by atoms with E-state index in [1.54, 1.807) is 24.5 Å². The molecule has 3 aromatic rings. The summed E-state index contributed by atoms with van der Waals surface area (Å²) in [5.74, 6) is 0.271. The highest BCUT2D eigenvalue weighted by Gasteiger charge is 2.11. The van der Waals surface area contributed by atoms with Gasteiger partial charge in [0.05, 0.1) is 5.56 Å². The van der Waals surface area contributed by atoms with E-state index in [-0.39, 0.29) is 5.76 Å². The third-order valence-electron chi connectivity index (χ3n) is 2.27. The lowest BCUT2D eigenvalue weighted by Crippen LogP contribution is -1.80. The molecule has 5 nitrogen and oxygen atoms in total. The van der Waals surface area contributed by atoms with E-state index in [0.29, 0.717) is 23.1 Å². The molecule has 0 bridgehead atoms. The minimum absolute atomic E-state index is 0.271. The van der Waals surface area contributed by atoms with Crippen molar-refractivity contribution in [3.05, 3.63) is 36.5 Å². The molecular formula is C11H6N2O3. The number of pyridine rings is 1. The fourth-order valence-electron chi connectivity index (χ4n) is 1.57. The van der Waals surface area contributed by atoms with E-state index in [1.165, 1.54) is 6.26 Å². The monoisotopic (exact) mass is 214 g/mol. The standard InChI is InChI=1S/C11H6N2O3/c14-6-8-3-7-4-12-5-9(11(7)16-8)10-1-2-15-13-10/h1-6H. The summed E-state index contributed by atoms with van der Waals surface area (Å²) in [4.78, 5) is 14.7. The van der Waals surface area contributed by atoms with E-state index in [0.717, 1.165) is 5.39 Å². The zero-order valence-corrected chi connectivity index (χ0v) is 8.08. The number of furan rings is 1. The van der Waals surface area contributed by atoms with Gasteiger partial charge in [-0.15, -0.1) is 0 Å². The zero-order valence-electron chi connectivity index (χ0n) is 8.08. The summed E-state index contributed by atoms with van der Waals surface area (Å²) in [6.45, 7) is 0. The van der Waals surface area contributed by atoms with E-state index in [2.05, 4.69) is 10.1 Å². The third-order valence-corrected chi connectivity index (χ3v) is 2.27. The Morgan fingerprint density at radius 1 is 1.31 bits per heavy atom.